The summed E-state index contributed by atoms with van der Waals surface area (Å²) in [7, 11) is 4.60. The zero-order valence-electron chi connectivity index (χ0n) is 40.4. The number of hydrogen-bond donors (Lipinski definition) is 0. The van der Waals surface area contributed by atoms with Gasteiger partial charge in [0.15, 0.2) is 0 Å². The van der Waals surface area contributed by atoms with Gasteiger partial charge in [0.1, 0.15) is 0 Å². The SMILES string of the molecule is CC(=O)N(C(C)=O)C(C)C.CC(=O)N(C)C(=O)C(C)C.CC(C)C(=O)N(C)C(=O)C1CCCC1.CC(C)C(=O)N(C)C(=O)c1ccccc1.CCC(=O)N(CC)C(=O)C(C)C. The molecule has 1 aromatic rings. The van der Waals surface area contributed by atoms with Crippen molar-refractivity contribution in [1.29, 1.82) is 0 Å². The summed E-state index contributed by atoms with van der Waals surface area (Å²) < 4.78 is 0. The Hall–Kier alpha value is -5.08. The van der Waals surface area contributed by atoms with Gasteiger partial charge in [0.25, 0.3) is 5.91 Å². The summed E-state index contributed by atoms with van der Waals surface area (Å²) in [5.74, 6) is -1.72. The molecule has 346 valence electrons. The maximum atomic E-state index is 11.8. The van der Waals surface area contributed by atoms with Crippen LogP contribution in [0.4, 0.5) is 0 Å². The van der Waals surface area contributed by atoms with Crippen molar-refractivity contribution in [2.24, 2.45) is 29.6 Å². The molecular weight excluding hydrogens is 783 g/mol. The molecule has 1 fully saturated rings. The van der Waals surface area contributed by atoms with Crippen molar-refractivity contribution < 1.29 is 47.9 Å². The van der Waals surface area contributed by atoms with E-state index in [1.807, 2.05) is 40.7 Å². The van der Waals surface area contributed by atoms with Crippen LogP contribution in [0.2, 0.25) is 0 Å². The lowest BCUT2D eigenvalue weighted by Crippen LogP contribution is -2.39. The van der Waals surface area contributed by atoms with Crippen LogP contribution in [0.25, 0.3) is 0 Å². The molecule has 0 radical (unpaired) electrons. The van der Waals surface area contributed by atoms with Crippen molar-refractivity contribution in [3.8, 4) is 0 Å². The number of nitrogens with zero attached hydrogens (tertiary/aromatic N) is 5. The maximum Gasteiger partial charge on any atom is 0.260 e. The predicted octanol–water partition coefficient (Wildman–Crippen LogP) is 6.62. The van der Waals surface area contributed by atoms with E-state index < -0.39 is 0 Å². The lowest BCUT2D eigenvalue weighted by molar-refractivity contribution is -0.148. The van der Waals surface area contributed by atoms with Crippen LogP contribution in [0.1, 0.15) is 146 Å². The number of carbonyl (C=O) groups is 10. The van der Waals surface area contributed by atoms with Gasteiger partial charge < -0.3 is 0 Å². The quantitative estimate of drug-likeness (QED) is 0.261. The Bertz CT molecular complexity index is 1580. The summed E-state index contributed by atoms with van der Waals surface area (Å²) in [5.41, 5.74) is 0.536. The lowest BCUT2D eigenvalue weighted by atomic mass is 10.1. The Morgan fingerprint density at radius 1 is 0.541 bits per heavy atom. The Labute approximate surface area is 365 Å². The minimum Gasteiger partial charge on any atom is -0.286 e. The number of amides is 10. The average molecular weight is 860 g/mol. The van der Waals surface area contributed by atoms with E-state index in [1.165, 1.54) is 54.5 Å². The topological polar surface area (TPSA) is 187 Å². The molecule has 1 aromatic carbocycles. The van der Waals surface area contributed by atoms with Gasteiger partial charge in [-0.05, 0) is 45.7 Å². The minimum absolute atomic E-state index is 0.0150. The van der Waals surface area contributed by atoms with Gasteiger partial charge in [-0.25, -0.2) is 0 Å². The first-order valence-electron chi connectivity index (χ1n) is 21.2. The summed E-state index contributed by atoms with van der Waals surface area (Å²) >= 11 is 0. The third kappa shape index (κ3) is 22.9. The van der Waals surface area contributed by atoms with Gasteiger partial charge in [0.05, 0.1) is 0 Å². The molecule has 0 heterocycles. The summed E-state index contributed by atoms with van der Waals surface area (Å²) in [6.07, 6.45) is 4.55. The number of rotatable bonds is 9. The van der Waals surface area contributed by atoms with Gasteiger partial charge in [-0.15, -0.1) is 0 Å². The zero-order valence-corrected chi connectivity index (χ0v) is 40.4. The third-order valence-electron chi connectivity index (χ3n) is 9.18. The van der Waals surface area contributed by atoms with Gasteiger partial charge in [0, 0.05) is 96.1 Å². The monoisotopic (exact) mass is 860 g/mol. The molecule has 15 heteroatoms. The van der Waals surface area contributed by atoms with Crippen molar-refractivity contribution in [3.63, 3.8) is 0 Å². The lowest BCUT2D eigenvalue weighted by Gasteiger charge is -2.20. The molecule has 61 heavy (non-hydrogen) atoms. The summed E-state index contributed by atoms with van der Waals surface area (Å²) in [5, 5.41) is 0. The fourth-order valence-corrected chi connectivity index (χ4v) is 5.65. The number of imide groups is 5. The normalized spacial score (nSPS) is 11.7. The third-order valence-corrected chi connectivity index (χ3v) is 9.18. The zero-order chi connectivity index (χ0) is 48.5. The van der Waals surface area contributed by atoms with E-state index in [2.05, 4.69) is 0 Å². The molecule has 0 atom stereocenters. The van der Waals surface area contributed by atoms with Gasteiger partial charge in [-0.2, -0.15) is 0 Å². The highest BCUT2D eigenvalue weighted by atomic mass is 16.2. The van der Waals surface area contributed by atoms with E-state index in [1.54, 1.807) is 79.8 Å². The predicted molar refractivity (Wildman–Crippen MR) is 237 cm³/mol. The Balaban J connectivity index is -0.000000697. The smallest absolute Gasteiger partial charge is 0.260 e. The maximum absolute atomic E-state index is 11.8. The second-order valence-corrected chi connectivity index (χ2v) is 16.2. The van der Waals surface area contributed by atoms with Crippen LogP contribution in [0.5, 0.6) is 0 Å². The molecule has 0 saturated heterocycles. The van der Waals surface area contributed by atoms with E-state index in [-0.39, 0.29) is 94.7 Å². The first-order valence-corrected chi connectivity index (χ1v) is 21.2. The highest BCUT2D eigenvalue weighted by Crippen LogP contribution is 2.26. The molecule has 1 saturated carbocycles. The molecule has 0 unspecified atom stereocenters. The van der Waals surface area contributed by atoms with Crippen LogP contribution < -0.4 is 0 Å². The summed E-state index contributed by atoms with van der Waals surface area (Å²) in [6, 6.07) is 8.76. The van der Waals surface area contributed by atoms with Crippen LogP contribution in [-0.2, 0) is 43.2 Å². The van der Waals surface area contributed by atoms with Crippen LogP contribution in [-0.4, -0.2) is 117 Å². The highest BCUT2D eigenvalue weighted by Gasteiger charge is 2.29. The van der Waals surface area contributed by atoms with Gasteiger partial charge in [-0.1, -0.05) is 93.4 Å². The molecule has 15 nitrogen and oxygen atoms in total. The van der Waals surface area contributed by atoms with Crippen LogP contribution in [0, 0.1) is 29.6 Å². The van der Waals surface area contributed by atoms with E-state index in [0.29, 0.717) is 18.5 Å². The molecule has 1 aliphatic rings. The van der Waals surface area contributed by atoms with Crippen molar-refractivity contribution in [2.75, 3.05) is 27.7 Å². The molecular formula is C46H77N5O10. The van der Waals surface area contributed by atoms with Gasteiger partial charge in [-0.3, -0.25) is 72.4 Å². The first-order chi connectivity index (χ1) is 28.0. The van der Waals surface area contributed by atoms with E-state index in [0.717, 1.165) is 30.6 Å². The minimum atomic E-state index is -0.255. The van der Waals surface area contributed by atoms with E-state index in [4.69, 9.17) is 0 Å². The second-order valence-electron chi connectivity index (χ2n) is 16.2. The number of benzene rings is 1. The molecule has 0 N–H and O–H groups in total. The fourth-order valence-electron chi connectivity index (χ4n) is 5.65. The first kappa shape index (κ1) is 60.2. The molecule has 1 aliphatic carbocycles. The van der Waals surface area contributed by atoms with Gasteiger partial charge in [0.2, 0.25) is 53.2 Å². The Kier molecular flexibility index (Phi) is 30.5. The van der Waals surface area contributed by atoms with Crippen molar-refractivity contribution in [3.05, 3.63) is 35.9 Å². The summed E-state index contributed by atoms with van der Waals surface area (Å²) in [6.45, 7) is 26.1. The number of hydrogen-bond acceptors (Lipinski definition) is 10. The summed E-state index contributed by atoms with van der Waals surface area (Å²) in [4.78, 5) is 118. The van der Waals surface area contributed by atoms with Gasteiger partial charge >= 0.3 is 0 Å². The largest absolute Gasteiger partial charge is 0.286 e. The fraction of sp³-hybridized carbons (Fsp3) is 0.652. The van der Waals surface area contributed by atoms with Crippen LogP contribution in [0.3, 0.4) is 0 Å². The van der Waals surface area contributed by atoms with Crippen molar-refractivity contribution in [1.82, 2.24) is 24.5 Å². The Morgan fingerprint density at radius 2 is 0.918 bits per heavy atom. The Morgan fingerprint density at radius 3 is 1.20 bits per heavy atom. The standard InChI is InChI=1S/C12H15NO2.C11H19NO2.C9H17NO2.2C7H13NO2/c1-9(2)11(14)13(3)12(15)10-7-5-4-6-8-10;1-8(2)10(13)12(3)11(14)9-6-4-5-7-9;1-5-8(11)10(6-2)9(12)7(3)4;1-5(2)7(10)8(4)6(3)9;1-5(2)8(6(3)9)7(4)10/h4-9H,1-3H3;8-9H,4-7H2,1-3H3;7H,5-6H2,1-4H3;2*5H,1-4H3. The molecule has 2 rings (SSSR count). The molecule has 0 aliphatic heterocycles. The molecule has 0 aromatic heterocycles. The average Bonchev–Trinajstić information content (AvgIpc) is 3.74. The molecule has 0 spiro atoms. The molecule has 10 amide bonds. The van der Waals surface area contributed by atoms with E-state index in [9.17, 15) is 47.9 Å². The van der Waals surface area contributed by atoms with Crippen molar-refractivity contribution >= 4 is 59.1 Å². The number of carbonyl (C=O) groups excluding carboxylic acids is 10. The van der Waals surface area contributed by atoms with Crippen LogP contribution >= 0.6 is 0 Å². The van der Waals surface area contributed by atoms with Crippen LogP contribution in [0.15, 0.2) is 30.3 Å². The second kappa shape index (κ2) is 30.9. The molecule has 0 bridgehead atoms. The highest BCUT2D eigenvalue weighted by molar-refractivity contribution is 6.05. The van der Waals surface area contributed by atoms with Crippen molar-refractivity contribution in [2.45, 2.75) is 142 Å². The van der Waals surface area contributed by atoms with E-state index >= 15 is 0 Å².